The monoisotopic (exact) mass is 484 g/mol. The lowest BCUT2D eigenvalue weighted by molar-refractivity contribution is -0.120. The highest BCUT2D eigenvalue weighted by atomic mass is 35.5. The Balaban J connectivity index is 0.00000259. The maximum Gasteiger partial charge on any atom is 0.228 e. The molecule has 1 aliphatic rings. The summed E-state index contributed by atoms with van der Waals surface area (Å²) in [6, 6.07) is 17.7. The maximum atomic E-state index is 12.6. The number of furan rings is 1. The van der Waals surface area contributed by atoms with E-state index in [1.54, 1.807) is 0 Å². The summed E-state index contributed by atoms with van der Waals surface area (Å²) >= 11 is 6.41. The Morgan fingerprint density at radius 3 is 2.70 bits per heavy atom. The van der Waals surface area contributed by atoms with Crippen LogP contribution in [0, 0.1) is 12.8 Å². The summed E-state index contributed by atoms with van der Waals surface area (Å²) in [6.07, 6.45) is 1.71. The van der Waals surface area contributed by atoms with Crippen molar-refractivity contribution >= 4 is 46.7 Å². The first-order valence-electron chi connectivity index (χ1n) is 10.9. The van der Waals surface area contributed by atoms with Gasteiger partial charge >= 0.3 is 0 Å². The topological polar surface area (TPSA) is 72.1 Å². The lowest BCUT2D eigenvalue weighted by Crippen LogP contribution is -2.34. The van der Waals surface area contributed by atoms with Gasteiger partial charge in [0.1, 0.15) is 11.3 Å². The van der Waals surface area contributed by atoms with E-state index in [2.05, 4.69) is 15.7 Å². The molecular weight excluding hydrogens is 459 g/mol. The number of amides is 1. The van der Waals surface area contributed by atoms with Crippen LogP contribution in [-0.4, -0.2) is 28.8 Å². The number of aryl methyl sites for hydroxylation is 1. The van der Waals surface area contributed by atoms with Crippen LogP contribution < -0.4 is 10.6 Å². The van der Waals surface area contributed by atoms with Crippen LogP contribution in [0.15, 0.2) is 59.0 Å². The van der Waals surface area contributed by atoms with Crippen LogP contribution in [0.1, 0.15) is 24.1 Å². The molecule has 0 atom stereocenters. The Morgan fingerprint density at radius 1 is 1.18 bits per heavy atom. The zero-order valence-electron chi connectivity index (χ0n) is 18.3. The van der Waals surface area contributed by atoms with E-state index in [9.17, 15) is 4.79 Å². The minimum Gasteiger partial charge on any atom is -0.456 e. The van der Waals surface area contributed by atoms with Gasteiger partial charge in [0.15, 0.2) is 5.82 Å². The molecule has 2 aromatic carbocycles. The first-order valence-corrected chi connectivity index (χ1v) is 11.3. The zero-order valence-corrected chi connectivity index (χ0v) is 19.9. The SMILES string of the molecule is Cc1cc(NC(=O)C2CCNCC2)nn1Cc1cc(Cl)cc2cc(-c3ccccc3)oc12.Cl. The molecule has 4 aromatic rings. The third kappa shape index (κ3) is 5.08. The second-order valence-corrected chi connectivity index (χ2v) is 8.74. The van der Waals surface area contributed by atoms with E-state index in [1.807, 2.05) is 66.2 Å². The number of carbonyl (C=O) groups excluding carboxylic acids is 1. The highest BCUT2D eigenvalue weighted by molar-refractivity contribution is 6.31. The first kappa shape index (κ1) is 23.4. The Bertz CT molecular complexity index is 1260. The van der Waals surface area contributed by atoms with Gasteiger partial charge in [-0.3, -0.25) is 9.48 Å². The van der Waals surface area contributed by atoms with Crippen molar-refractivity contribution in [1.29, 1.82) is 0 Å². The molecule has 0 radical (unpaired) electrons. The van der Waals surface area contributed by atoms with Gasteiger partial charge in [-0.05, 0) is 51.1 Å². The zero-order chi connectivity index (χ0) is 22.1. The molecule has 3 heterocycles. The molecule has 1 aliphatic heterocycles. The van der Waals surface area contributed by atoms with Crippen LogP contribution in [0.5, 0.6) is 0 Å². The second kappa shape index (κ2) is 10.00. The number of hydrogen-bond acceptors (Lipinski definition) is 4. The van der Waals surface area contributed by atoms with Crippen molar-refractivity contribution in [3.05, 3.63) is 70.9 Å². The predicted molar refractivity (Wildman–Crippen MR) is 134 cm³/mol. The smallest absolute Gasteiger partial charge is 0.228 e. The molecule has 172 valence electrons. The average molecular weight is 485 g/mol. The number of fused-ring (bicyclic) bond motifs is 1. The molecule has 1 fully saturated rings. The first-order chi connectivity index (χ1) is 15.6. The van der Waals surface area contributed by atoms with E-state index in [4.69, 9.17) is 16.0 Å². The number of hydrogen-bond donors (Lipinski definition) is 2. The van der Waals surface area contributed by atoms with Gasteiger partial charge in [0.2, 0.25) is 5.91 Å². The minimum absolute atomic E-state index is 0. The third-order valence-corrected chi connectivity index (χ3v) is 6.20. The molecule has 0 bridgehead atoms. The van der Waals surface area contributed by atoms with E-state index in [-0.39, 0.29) is 24.2 Å². The maximum absolute atomic E-state index is 12.6. The predicted octanol–water partition coefficient (Wildman–Crippen LogP) is 5.67. The number of benzene rings is 2. The van der Waals surface area contributed by atoms with Crippen molar-refractivity contribution in [3.63, 3.8) is 0 Å². The quantitative estimate of drug-likeness (QED) is 0.382. The Hall–Kier alpha value is -2.80. The van der Waals surface area contributed by atoms with E-state index >= 15 is 0 Å². The number of aromatic nitrogens is 2. The molecule has 0 saturated carbocycles. The van der Waals surface area contributed by atoms with Crippen molar-refractivity contribution in [3.8, 4) is 11.3 Å². The summed E-state index contributed by atoms with van der Waals surface area (Å²) in [5, 5.41) is 12.5. The molecular formula is C25H26Cl2N4O2. The summed E-state index contributed by atoms with van der Waals surface area (Å²) in [6.45, 7) is 4.23. The Kier molecular flexibility index (Phi) is 7.08. The largest absolute Gasteiger partial charge is 0.456 e. The van der Waals surface area contributed by atoms with E-state index < -0.39 is 0 Å². The molecule has 1 amide bonds. The molecule has 8 heteroatoms. The van der Waals surface area contributed by atoms with Gasteiger partial charge in [-0.2, -0.15) is 5.10 Å². The Morgan fingerprint density at radius 2 is 1.94 bits per heavy atom. The van der Waals surface area contributed by atoms with Crippen molar-refractivity contribution in [1.82, 2.24) is 15.1 Å². The highest BCUT2D eigenvalue weighted by Gasteiger charge is 2.22. The molecule has 33 heavy (non-hydrogen) atoms. The number of carbonyl (C=O) groups is 1. The van der Waals surface area contributed by atoms with Crippen molar-refractivity contribution < 1.29 is 9.21 Å². The highest BCUT2D eigenvalue weighted by Crippen LogP contribution is 2.32. The number of rotatable bonds is 5. The van der Waals surface area contributed by atoms with Crippen LogP contribution in [0.4, 0.5) is 5.82 Å². The van der Waals surface area contributed by atoms with Gasteiger partial charge in [0.05, 0.1) is 6.54 Å². The van der Waals surface area contributed by atoms with Crippen LogP contribution >= 0.6 is 24.0 Å². The van der Waals surface area contributed by atoms with Gasteiger partial charge in [-0.1, -0.05) is 41.9 Å². The summed E-state index contributed by atoms with van der Waals surface area (Å²) in [4.78, 5) is 12.6. The fourth-order valence-corrected chi connectivity index (χ4v) is 4.50. The summed E-state index contributed by atoms with van der Waals surface area (Å²) < 4.78 is 8.10. The third-order valence-electron chi connectivity index (χ3n) is 5.98. The van der Waals surface area contributed by atoms with Crippen molar-refractivity contribution in [2.75, 3.05) is 18.4 Å². The molecule has 0 spiro atoms. The number of halogens is 2. The van der Waals surface area contributed by atoms with Crippen LogP contribution in [0.3, 0.4) is 0 Å². The number of anilines is 1. The molecule has 5 rings (SSSR count). The van der Waals surface area contributed by atoms with Crippen molar-refractivity contribution in [2.45, 2.75) is 26.3 Å². The molecule has 0 unspecified atom stereocenters. The number of piperidine rings is 1. The fourth-order valence-electron chi connectivity index (χ4n) is 4.25. The Labute approximate surface area is 203 Å². The van der Waals surface area contributed by atoms with Gasteiger partial charge in [-0.25, -0.2) is 0 Å². The molecule has 6 nitrogen and oxygen atoms in total. The van der Waals surface area contributed by atoms with Crippen molar-refractivity contribution in [2.24, 2.45) is 5.92 Å². The van der Waals surface area contributed by atoms with Gasteiger partial charge in [-0.15, -0.1) is 12.4 Å². The minimum atomic E-state index is 0. The lowest BCUT2D eigenvalue weighted by atomic mass is 9.97. The van der Waals surface area contributed by atoms with Gasteiger partial charge in [0, 0.05) is 39.2 Å². The number of nitrogens with one attached hydrogen (secondary N) is 2. The van der Waals surface area contributed by atoms with E-state index in [0.717, 1.165) is 59.5 Å². The average Bonchev–Trinajstić information content (AvgIpc) is 3.38. The lowest BCUT2D eigenvalue weighted by Gasteiger charge is -2.21. The van der Waals surface area contributed by atoms with Crippen LogP contribution in [0.25, 0.3) is 22.3 Å². The van der Waals surface area contributed by atoms with Gasteiger partial charge in [0.25, 0.3) is 0 Å². The van der Waals surface area contributed by atoms with E-state index in [0.29, 0.717) is 17.4 Å². The molecule has 0 aliphatic carbocycles. The standard InChI is InChI=1S/C25H25ClN4O2.ClH/c1-16-11-23(28-25(31)18-7-9-27-10-8-18)29-30(16)15-20-13-21(26)12-19-14-22(32-24(19)20)17-5-3-2-4-6-17;/h2-6,11-14,18,27H,7-10,15H2,1H3,(H,28,29,31);1H. The van der Waals surface area contributed by atoms with Crippen LogP contribution in [0.2, 0.25) is 5.02 Å². The summed E-state index contributed by atoms with van der Waals surface area (Å²) in [5.41, 5.74) is 3.71. The van der Waals surface area contributed by atoms with Gasteiger partial charge < -0.3 is 15.1 Å². The molecule has 2 aromatic heterocycles. The normalized spacial score (nSPS) is 14.2. The summed E-state index contributed by atoms with van der Waals surface area (Å²) in [5.74, 6) is 1.46. The van der Waals surface area contributed by atoms with E-state index in [1.165, 1.54) is 0 Å². The molecule has 1 saturated heterocycles. The second-order valence-electron chi connectivity index (χ2n) is 8.30. The number of nitrogens with zero attached hydrogens (tertiary/aromatic N) is 2. The fraction of sp³-hybridized carbons (Fsp3) is 0.280. The summed E-state index contributed by atoms with van der Waals surface area (Å²) in [7, 11) is 0. The van der Waals surface area contributed by atoms with Crippen LogP contribution in [-0.2, 0) is 11.3 Å². The molecule has 2 N–H and O–H groups in total.